The van der Waals surface area contributed by atoms with Gasteiger partial charge in [0.1, 0.15) is 0 Å². The standard InChI is InChI=1S/C17H29N/c1-5-14(3)12-17(6-2)18-13-15(4)16-10-8-7-9-11-16/h7-11,14-15,17-18H,5-6,12-13H2,1-4H3. The van der Waals surface area contributed by atoms with E-state index in [1.165, 1.54) is 24.8 Å². The van der Waals surface area contributed by atoms with E-state index in [4.69, 9.17) is 0 Å². The lowest BCUT2D eigenvalue weighted by Crippen LogP contribution is -2.33. The summed E-state index contributed by atoms with van der Waals surface area (Å²) >= 11 is 0. The SMILES string of the molecule is CCC(C)CC(CC)NCC(C)c1ccccc1. The molecular weight excluding hydrogens is 218 g/mol. The van der Waals surface area contributed by atoms with E-state index in [2.05, 4.69) is 63.3 Å². The Morgan fingerprint density at radius 2 is 1.67 bits per heavy atom. The summed E-state index contributed by atoms with van der Waals surface area (Å²) in [5.41, 5.74) is 1.43. The fourth-order valence-electron chi connectivity index (χ4n) is 2.29. The molecule has 0 aliphatic carbocycles. The molecule has 0 bridgehead atoms. The minimum atomic E-state index is 0.595. The van der Waals surface area contributed by atoms with Gasteiger partial charge in [-0.3, -0.25) is 0 Å². The van der Waals surface area contributed by atoms with Crippen LogP contribution in [0.4, 0.5) is 0 Å². The second-order valence-electron chi connectivity index (χ2n) is 5.57. The molecule has 0 spiro atoms. The molecule has 1 aromatic carbocycles. The van der Waals surface area contributed by atoms with Crippen molar-refractivity contribution in [1.29, 1.82) is 0 Å². The Kier molecular flexibility index (Phi) is 7.04. The van der Waals surface area contributed by atoms with Gasteiger partial charge in [-0.2, -0.15) is 0 Å². The van der Waals surface area contributed by atoms with Gasteiger partial charge in [-0.25, -0.2) is 0 Å². The Morgan fingerprint density at radius 1 is 1.00 bits per heavy atom. The fourth-order valence-corrected chi connectivity index (χ4v) is 2.29. The Balaban J connectivity index is 2.38. The number of rotatable bonds is 8. The van der Waals surface area contributed by atoms with Crippen LogP contribution in [0.1, 0.15) is 58.4 Å². The van der Waals surface area contributed by atoms with Crippen molar-refractivity contribution in [3.05, 3.63) is 35.9 Å². The first kappa shape index (κ1) is 15.2. The quantitative estimate of drug-likeness (QED) is 0.708. The number of hydrogen-bond donors (Lipinski definition) is 1. The lowest BCUT2D eigenvalue weighted by Gasteiger charge is -2.22. The van der Waals surface area contributed by atoms with Crippen molar-refractivity contribution < 1.29 is 0 Å². The minimum absolute atomic E-state index is 0.595. The smallest absolute Gasteiger partial charge is 0.00672 e. The molecule has 0 saturated carbocycles. The predicted molar refractivity (Wildman–Crippen MR) is 81.0 cm³/mol. The lowest BCUT2D eigenvalue weighted by atomic mass is 9.96. The molecule has 0 amide bonds. The molecule has 0 aliphatic heterocycles. The van der Waals surface area contributed by atoms with E-state index >= 15 is 0 Å². The van der Waals surface area contributed by atoms with Crippen molar-refractivity contribution in [3.63, 3.8) is 0 Å². The van der Waals surface area contributed by atoms with E-state index in [0.29, 0.717) is 12.0 Å². The first-order valence-electron chi connectivity index (χ1n) is 7.45. The van der Waals surface area contributed by atoms with E-state index in [0.717, 1.165) is 12.5 Å². The minimum Gasteiger partial charge on any atom is -0.313 e. The van der Waals surface area contributed by atoms with Crippen molar-refractivity contribution >= 4 is 0 Å². The van der Waals surface area contributed by atoms with Gasteiger partial charge in [-0.1, -0.05) is 64.4 Å². The van der Waals surface area contributed by atoms with Gasteiger partial charge >= 0.3 is 0 Å². The average molecular weight is 247 g/mol. The first-order valence-corrected chi connectivity index (χ1v) is 7.45. The van der Waals surface area contributed by atoms with Crippen LogP contribution in [0.2, 0.25) is 0 Å². The second-order valence-corrected chi connectivity index (χ2v) is 5.57. The number of hydrogen-bond acceptors (Lipinski definition) is 1. The third-order valence-electron chi connectivity index (χ3n) is 3.96. The maximum Gasteiger partial charge on any atom is 0.00672 e. The van der Waals surface area contributed by atoms with Crippen LogP contribution in [0.15, 0.2) is 30.3 Å². The molecular formula is C17H29N. The third kappa shape index (κ3) is 5.22. The van der Waals surface area contributed by atoms with Crippen molar-refractivity contribution in [3.8, 4) is 0 Å². The molecule has 1 heteroatoms. The molecule has 1 rings (SSSR count). The summed E-state index contributed by atoms with van der Waals surface area (Å²) in [6.45, 7) is 10.3. The zero-order valence-electron chi connectivity index (χ0n) is 12.4. The van der Waals surface area contributed by atoms with Gasteiger partial charge in [-0.15, -0.1) is 0 Å². The topological polar surface area (TPSA) is 12.0 Å². The Labute approximate surface area is 113 Å². The van der Waals surface area contributed by atoms with E-state index in [-0.39, 0.29) is 0 Å². The molecule has 102 valence electrons. The first-order chi connectivity index (χ1) is 8.67. The number of benzene rings is 1. The summed E-state index contributed by atoms with van der Waals surface area (Å²) in [7, 11) is 0. The molecule has 18 heavy (non-hydrogen) atoms. The van der Waals surface area contributed by atoms with Crippen molar-refractivity contribution in [2.24, 2.45) is 5.92 Å². The van der Waals surface area contributed by atoms with Gasteiger partial charge in [0.2, 0.25) is 0 Å². The summed E-state index contributed by atoms with van der Waals surface area (Å²) < 4.78 is 0. The lowest BCUT2D eigenvalue weighted by molar-refractivity contribution is 0.379. The van der Waals surface area contributed by atoms with Crippen LogP contribution in [0.3, 0.4) is 0 Å². The maximum atomic E-state index is 3.73. The molecule has 3 atom stereocenters. The van der Waals surface area contributed by atoms with Gasteiger partial charge in [0.25, 0.3) is 0 Å². The van der Waals surface area contributed by atoms with Crippen molar-refractivity contribution in [2.45, 2.75) is 58.9 Å². The highest BCUT2D eigenvalue weighted by Crippen LogP contribution is 2.16. The Bertz CT molecular complexity index is 307. The van der Waals surface area contributed by atoms with Crippen LogP contribution in [0.25, 0.3) is 0 Å². The van der Waals surface area contributed by atoms with Gasteiger partial charge in [0.05, 0.1) is 0 Å². The highest BCUT2D eigenvalue weighted by Gasteiger charge is 2.12. The number of nitrogens with one attached hydrogen (secondary N) is 1. The van der Waals surface area contributed by atoms with E-state index in [9.17, 15) is 0 Å². The van der Waals surface area contributed by atoms with Crippen LogP contribution in [0.5, 0.6) is 0 Å². The zero-order valence-corrected chi connectivity index (χ0v) is 12.4. The molecule has 0 aliphatic rings. The third-order valence-corrected chi connectivity index (χ3v) is 3.96. The van der Waals surface area contributed by atoms with E-state index in [1.807, 2.05) is 0 Å². The fraction of sp³-hybridized carbons (Fsp3) is 0.647. The van der Waals surface area contributed by atoms with Crippen LogP contribution in [-0.4, -0.2) is 12.6 Å². The van der Waals surface area contributed by atoms with Gasteiger partial charge in [-0.05, 0) is 30.2 Å². The van der Waals surface area contributed by atoms with E-state index in [1.54, 1.807) is 0 Å². The summed E-state index contributed by atoms with van der Waals surface area (Å²) in [4.78, 5) is 0. The molecule has 0 fully saturated rings. The molecule has 0 radical (unpaired) electrons. The Morgan fingerprint density at radius 3 is 2.22 bits per heavy atom. The molecule has 1 N–H and O–H groups in total. The highest BCUT2D eigenvalue weighted by atomic mass is 14.9. The Hall–Kier alpha value is -0.820. The molecule has 3 unspecified atom stereocenters. The molecule has 0 heterocycles. The molecule has 0 saturated heterocycles. The molecule has 0 aromatic heterocycles. The largest absolute Gasteiger partial charge is 0.313 e. The summed E-state index contributed by atoms with van der Waals surface area (Å²) in [5, 5.41) is 3.73. The summed E-state index contributed by atoms with van der Waals surface area (Å²) in [5.74, 6) is 1.42. The zero-order chi connectivity index (χ0) is 13.4. The van der Waals surface area contributed by atoms with Crippen molar-refractivity contribution in [2.75, 3.05) is 6.54 Å². The van der Waals surface area contributed by atoms with Crippen LogP contribution >= 0.6 is 0 Å². The second kappa shape index (κ2) is 8.31. The predicted octanol–water partition coefficient (Wildman–Crippen LogP) is 4.59. The van der Waals surface area contributed by atoms with Crippen LogP contribution in [-0.2, 0) is 0 Å². The summed E-state index contributed by atoms with van der Waals surface area (Å²) in [6.07, 6.45) is 3.81. The van der Waals surface area contributed by atoms with Crippen molar-refractivity contribution in [1.82, 2.24) is 5.32 Å². The van der Waals surface area contributed by atoms with Crippen LogP contribution in [0, 0.1) is 5.92 Å². The monoisotopic (exact) mass is 247 g/mol. The van der Waals surface area contributed by atoms with Gasteiger partial charge < -0.3 is 5.32 Å². The van der Waals surface area contributed by atoms with E-state index < -0.39 is 0 Å². The molecule has 1 nitrogen and oxygen atoms in total. The summed E-state index contributed by atoms with van der Waals surface area (Å²) in [6, 6.07) is 11.5. The molecule has 1 aromatic rings. The van der Waals surface area contributed by atoms with Gasteiger partial charge in [0, 0.05) is 12.6 Å². The van der Waals surface area contributed by atoms with Crippen LogP contribution < -0.4 is 5.32 Å². The average Bonchev–Trinajstić information content (AvgIpc) is 2.43. The van der Waals surface area contributed by atoms with Gasteiger partial charge in [0.15, 0.2) is 0 Å². The maximum absolute atomic E-state index is 3.73. The normalized spacial score (nSPS) is 16.2. The highest BCUT2D eigenvalue weighted by molar-refractivity contribution is 5.18.